The Hall–Kier alpha value is -0.900. The molecule has 2 atom stereocenters. The third-order valence-corrected chi connectivity index (χ3v) is 5.20. The Morgan fingerprint density at radius 3 is 2.57 bits per heavy atom. The van der Waals surface area contributed by atoms with Crippen LogP contribution < -0.4 is 5.73 Å². The van der Waals surface area contributed by atoms with Gasteiger partial charge in [0, 0.05) is 12.1 Å². The van der Waals surface area contributed by atoms with Crippen molar-refractivity contribution in [3.8, 4) is 0 Å². The van der Waals surface area contributed by atoms with Gasteiger partial charge in [-0.25, -0.2) is 0 Å². The fourth-order valence-corrected chi connectivity index (χ4v) is 3.98. The topological polar surface area (TPSA) is 38.5 Å². The standard InChI is InChI=1S/C18H28N2O/c1-14-5-2-3-6-15(14)13-21-18-11-16-7-8-17(12-18)20(16)10-4-9-19/h2-3,5-6,16-18H,4,7-13,19H2,1H3. The van der Waals surface area contributed by atoms with Crippen LogP contribution in [-0.2, 0) is 11.3 Å². The maximum Gasteiger partial charge on any atom is 0.0723 e. The van der Waals surface area contributed by atoms with Crippen LogP contribution in [0.1, 0.15) is 43.2 Å². The van der Waals surface area contributed by atoms with Crippen LogP contribution in [0.5, 0.6) is 0 Å². The van der Waals surface area contributed by atoms with Crippen molar-refractivity contribution in [3.63, 3.8) is 0 Å². The molecule has 21 heavy (non-hydrogen) atoms. The molecule has 0 saturated carbocycles. The van der Waals surface area contributed by atoms with Gasteiger partial charge in [0.25, 0.3) is 0 Å². The molecule has 2 saturated heterocycles. The predicted octanol–water partition coefficient (Wildman–Crippen LogP) is 2.86. The summed E-state index contributed by atoms with van der Waals surface area (Å²) in [6.45, 7) is 4.91. The number of fused-ring (bicyclic) bond motifs is 2. The fourth-order valence-electron chi connectivity index (χ4n) is 3.98. The van der Waals surface area contributed by atoms with E-state index in [0.29, 0.717) is 6.10 Å². The van der Waals surface area contributed by atoms with Crippen molar-refractivity contribution in [1.29, 1.82) is 0 Å². The average Bonchev–Trinajstić information content (AvgIpc) is 2.73. The monoisotopic (exact) mass is 288 g/mol. The van der Waals surface area contributed by atoms with Crippen LogP contribution in [0.2, 0.25) is 0 Å². The van der Waals surface area contributed by atoms with Gasteiger partial charge < -0.3 is 10.5 Å². The van der Waals surface area contributed by atoms with Gasteiger partial charge in [-0.15, -0.1) is 0 Å². The van der Waals surface area contributed by atoms with Gasteiger partial charge in [-0.1, -0.05) is 24.3 Å². The van der Waals surface area contributed by atoms with Gasteiger partial charge in [0.2, 0.25) is 0 Å². The number of piperidine rings is 1. The van der Waals surface area contributed by atoms with E-state index in [4.69, 9.17) is 10.5 Å². The first kappa shape index (κ1) is 15.0. The van der Waals surface area contributed by atoms with E-state index < -0.39 is 0 Å². The largest absolute Gasteiger partial charge is 0.373 e. The molecule has 3 nitrogen and oxygen atoms in total. The van der Waals surface area contributed by atoms with Crippen molar-refractivity contribution >= 4 is 0 Å². The molecule has 2 unspecified atom stereocenters. The van der Waals surface area contributed by atoms with Crippen molar-refractivity contribution in [2.75, 3.05) is 13.1 Å². The second-order valence-corrected chi connectivity index (χ2v) is 6.60. The molecular formula is C18H28N2O. The Morgan fingerprint density at radius 2 is 1.90 bits per heavy atom. The predicted molar refractivity (Wildman–Crippen MR) is 86.2 cm³/mol. The van der Waals surface area contributed by atoms with Gasteiger partial charge in [-0.3, -0.25) is 4.90 Å². The Balaban J connectivity index is 1.52. The number of aryl methyl sites for hydroxylation is 1. The van der Waals surface area contributed by atoms with Crippen molar-refractivity contribution in [1.82, 2.24) is 4.90 Å². The molecule has 2 N–H and O–H groups in total. The van der Waals surface area contributed by atoms with E-state index in [9.17, 15) is 0 Å². The molecule has 1 aromatic carbocycles. The summed E-state index contributed by atoms with van der Waals surface area (Å²) in [6.07, 6.45) is 6.66. The molecule has 2 heterocycles. The lowest BCUT2D eigenvalue weighted by molar-refractivity contribution is -0.0283. The van der Waals surface area contributed by atoms with Crippen LogP contribution >= 0.6 is 0 Å². The summed E-state index contributed by atoms with van der Waals surface area (Å²) >= 11 is 0. The number of benzene rings is 1. The van der Waals surface area contributed by atoms with Crippen molar-refractivity contribution < 1.29 is 4.74 Å². The summed E-state index contributed by atoms with van der Waals surface area (Å²) < 4.78 is 6.23. The number of hydrogen-bond donors (Lipinski definition) is 1. The lowest BCUT2D eigenvalue weighted by atomic mass is 9.99. The number of nitrogens with zero attached hydrogens (tertiary/aromatic N) is 1. The van der Waals surface area contributed by atoms with E-state index >= 15 is 0 Å². The number of hydrogen-bond acceptors (Lipinski definition) is 3. The van der Waals surface area contributed by atoms with Gasteiger partial charge in [-0.2, -0.15) is 0 Å². The minimum Gasteiger partial charge on any atom is -0.373 e. The first-order chi connectivity index (χ1) is 10.3. The van der Waals surface area contributed by atoms with Gasteiger partial charge in [0.15, 0.2) is 0 Å². The van der Waals surface area contributed by atoms with E-state index in [-0.39, 0.29) is 0 Å². The minimum atomic E-state index is 0.441. The molecule has 2 aliphatic rings. The molecule has 0 radical (unpaired) electrons. The molecule has 2 bridgehead atoms. The fraction of sp³-hybridized carbons (Fsp3) is 0.667. The molecule has 0 aliphatic carbocycles. The molecule has 3 heteroatoms. The van der Waals surface area contributed by atoms with Crippen LogP contribution in [0.15, 0.2) is 24.3 Å². The molecule has 2 fully saturated rings. The summed E-state index contributed by atoms with van der Waals surface area (Å²) in [7, 11) is 0. The Labute approximate surface area is 128 Å². The van der Waals surface area contributed by atoms with Gasteiger partial charge in [-0.05, 0) is 63.2 Å². The lowest BCUT2D eigenvalue weighted by Gasteiger charge is -2.38. The molecular weight excluding hydrogens is 260 g/mol. The highest BCUT2D eigenvalue weighted by Gasteiger charge is 2.40. The SMILES string of the molecule is Cc1ccccc1COC1CC2CCC(C1)N2CCCN. The summed E-state index contributed by atoms with van der Waals surface area (Å²) in [4.78, 5) is 2.69. The van der Waals surface area contributed by atoms with E-state index in [1.54, 1.807) is 0 Å². The van der Waals surface area contributed by atoms with Crippen LogP contribution in [0.4, 0.5) is 0 Å². The second-order valence-electron chi connectivity index (χ2n) is 6.60. The van der Waals surface area contributed by atoms with Gasteiger partial charge in [0.05, 0.1) is 12.7 Å². The smallest absolute Gasteiger partial charge is 0.0723 e. The highest BCUT2D eigenvalue weighted by molar-refractivity contribution is 5.24. The van der Waals surface area contributed by atoms with E-state index in [1.807, 2.05) is 0 Å². The van der Waals surface area contributed by atoms with Crippen molar-refractivity contribution in [3.05, 3.63) is 35.4 Å². The quantitative estimate of drug-likeness (QED) is 0.875. The first-order valence-electron chi connectivity index (χ1n) is 8.40. The van der Waals surface area contributed by atoms with Gasteiger partial charge in [0.1, 0.15) is 0 Å². The third-order valence-electron chi connectivity index (χ3n) is 5.20. The van der Waals surface area contributed by atoms with Crippen LogP contribution in [-0.4, -0.2) is 36.2 Å². The molecule has 0 amide bonds. The minimum absolute atomic E-state index is 0.441. The highest BCUT2D eigenvalue weighted by atomic mass is 16.5. The maximum atomic E-state index is 6.23. The van der Waals surface area contributed by atoms with Crippen molar-refractivity contribution in [2.24, 2.45) is 5.73 Å². The second kappa shape index (κ2) is 6.91. The van der Waals surface area contributed by atoms with E-state index in [0.717, 1.165) is 31.7 Å². The summed E-state index contributed by atoms with van der Waals surface area (Å²) in [5, 5.41) is 0. The molecule has 116 valence electrons. The van der Waals surface area contributed by atoms with E-state index in [2.05, 4.69) is 36.1 Å². The first-order valence-corrected chi connectivity index (χ1v) is 8.40. The normalized spacial score (nSPS) is 29.0. The van der Waals surface area contributed by atoms with Crippen molar-refractivity contribution in [2.45, 2.75) is 63.8 Å². The summed E-state index contributed by atoms with van der Waals surface area (Å²) in [5.41, 5.74) is 8.32. The molecule has 2 aliphatic heterocycles. The molecule has 3 rings (SSSR count). The zero-order valence-electron chi connectivity index (χ0n) is 13.1. The zero-order valence-corrected chi connectivity index (χ0v) is 13.1. The Kier molecular flexibility index (Phi) is 4.94. The highest BCUT2D eigenvalue weighted by Crippen LogP contribution is 2.37. The average molecular weight is 288 g/mol. The van der Waals surface area contributed by atoms with Crippen LogP contribution in [0.25, 0.3) is 0 Å². The van der Waals surface area contributed by atoms with Gasteiger partial charge >= 0.3 is 0 Å². The number of rotatable bonds is 6. The Morgan fingerprint density at radius 1 is 1.19 bits per heavy atom. The molecule has 0 spiro atoms. The van der Waals surface area contributed by atoms with Crippen LogP contribution in [0, 0.1) is 6.92 Å². The number of ether oxygens (including phenoxy) is 1. The lowest BCUT2D eigenvalue weighted by Crippen LogP contribution is -2.46. The summed E-state index contributed by atoms with van der Waals surface area (Å²) in [6, 6.07) is 10.0. The third kappa shape index (κ3) is 3.47. The molecule has 1 aromatic rings. The maximum absolute atomic E-state index is 6.23. The van der Waals surface area contributed by atoms with Crippen LogP contribution in [0.3, 0.4) is 0 Å². The summed E-state index contributed by atoms with van der Waals surface area (Å²) in [5.74, 6) is 0. The van der Waals surface area contributed by atoms with E-state index in [1.165, 1.54) is 43.4 Å². The number of nitrogens with two attached hydrogens (primary N) is 1. The Bertz CT molecular complexity index is 448. The molecule has 0 aromatic heterocycles. The zero-order chi connectivity index (χ0) is 14.7.